The number of nitrogens with one attached hydrogen (secondary N) is 2. The van der Waals surface area contributed by atoms with Gasteiger partial charge in [0.15, 0.2) is 5.96 Å². The summed E-state index contributed by atoms with van der Waals surface area (Å²) in [6.45, 7) is 13.0. The second kappa shape index (κ2) is 12.5. The van der Waals surface area contributed by atoms with E-state index < -0.39 is 0 Å². The van der Waals surface area contributed by atoms with Gasteiger partial charge in [-0.05, 0) is 26.0 Å². The van der Waals surface area contributed by atoms with Crippen molar-refractivity contribution in [2.24, 2.45) is 10.9 Å². The molecule has 2 rings (SSSR count). The first-order chi connectivity index (χ1) is 12.5. The number of likely N-dealkylation sites (N-methyl/N-ethyl adjacent to an activating group) is 1. The molecule has 0 saturated carbocycles. The standard InChI is InChI=1S/C20H34FN5.HI/c1-5-22-20(23-14-17-8-6-7-9-18(17)21)24-15-19(16(2)3)26-12-10-25(4)11-13-26;/h6-9,16,19H,5,10-15H2,1-4H3,(H2,22,23,24);1H. The molecule has 1 aliphatic rings. The summed E-state index contributed by atoms with van der Waals surface area (Å²) >= 11 is 0. The quantitative estimate of drug-likeness (QED) is 0.350. The minimum absolute atomic E-state index is 0. The predicted octanol–water partition coefficient (Wildman–Crippen LogP) is 2.77. The van der Waals surface area contributed by atoms with Crippen molar-refractivity contribution in [1.82, 2.24) is 20.4 Å². The summed E-state index contributed by atoms with van der Waals surface area (Å²) < 4.78 is 13.8. The van der Waals surface area contributed by atoms with Crippen molar-refractivity contribution in [3.63, 3.8) is 0 Å². The molecule has 1 aromatic carbocycles. The maximum Gasteiger partial charge on any atom is 0.191 e. The molecule has 0 aromatic heterocycles. The first-order valence-electron chi connectivity index (χ1n) is 9.69. The number of nitrogens with zero attached hydrogens (tertiary/aromatic N) is 3. The smallest absolute Gasteiger partial charge is 0.191 e. The average Bonchev–Trinajstić information content (AvgIpc) is 2.62. The van der Waals surface area contributed by atoms with Crippen molar-refractivity contribution in [1.29, 1.82) is 0 Å². The van der Waals surface area contributed by atoms with E-state index in [2.05, 4.69) is 46.3 Å². The lowest BCUT2D eigenvalue weighted by atomic mass is 10.0. The number of rotatable bonds is 7. The van der Waals surface area contributed by atoms with E-state index in [1.807, 2.05) is 13.0 Å². The Bertz CT molecular complexity index is 573. The van der Waals surface area contributed by atoms with E-state index in [0.29, 0.717) is 24.1 Å². The van der Waals surface area contributed by atoms with E-state index >= 15 is 0 Å². The van der Waals surface area contributed by atoms with Gasteiger partial charge in [0.05, 0.1) is 6.54 Å². The molecule has 0 bridgehead atoms. The van der Waals surface area contributed by atoms with E-state index in [4.69, 9.17) is 0 Å². The Hall–Kier alpha value is -0.930. The van der Waals surface area contributed by atoms with Gasteiger partial charge in [-0.25, -0.2) is 9.38 Å². The number of hydrogen-bond donors (Lipinski definition) is 2. The Labute approximate surface area is 180 Å². The van der Waals surface area contributed by atoms with Crippen LogP contribution < -0.4 is 10.6 Å². The largest absolute Gasteiger partial charge is 0.357 e. The molecule has 27 heavy (non-hydrogen) atoms. The molecule has 1 fully saturated rings. The number of aliphatic imine (C=N–C) groups is 1. The van der Waals surface area contributed by atoms with Crippen molar-refractivity contribution >= 4 is 29.9 Å². The molecule has 1 aliphatic heterocycles. The van der Waals surface area contributed by atoms with Crippen molar-refractivity contribution in [2.45, 2.75) is 33.4 Å². The second-order valence-electron chi connectivity index (χ2n) is 7.32. The Kier molecular flexibility index (Phi) is 11.2. The summed E-state index contributed by atoms with van der Waals surface area (Å²) in [4.78, 5) is 9.50. The number of guanidine groups is 1. The topological polar surface area (TPSA) is 42.9 Å². The number of benzene rings is 1. The summed E-state index contributed by atoms with van der Waals surface area (Å²) in [5.74, 6) is 1.10. The molecule has 0 radical (unpaired) electrons. The van der Waals surface area contributed by atoms with Crippen LogP contribution >= 0.6 is 24.0 Å². The van der Waals surface area contributed by atoms with Crippen LogP contribution in [-0.4, -0.2) is 68.1 Å². The van der Waals surface area contributed by atoms with E-state index in [9.17, 15) is 4.39 Å². The molecule has 1 aromatic rings. The van der Waals surface area contributed by atoms with Gasteiger partial charge in [-0.3, -0.25) is 4.90 Å². The van der Waals surface area contributed by atoms with Gasteiger partial charge in [0.2, 0.25) is 0 Å². The maximum absolute atomic E-state index is 13.8. The molecule has 154 valence electrons. The van der Waals surface area contributed by atoms with Gasteiger partial charge < -0.3 is 15.5 Å². The van der Waals surface area contributed by atoms with Crippen LogP contribution in [0.2, 0.25) is 0 Å². The lowest BCUT2D eigenvalue weighted by Crippen LogP contribution is -2.55. The Balaban J connectivity index is 0.00000364. The molecule has 2 N–H and O–H groups in total. The van der Waals surface area contributed by atoms with Gasteiger partial charge in [0, 0.05) is 50.9 Å². The van der Waals surface area contributed by atoms with E-state index in [1.165, 1.54) is 6.07 Å². The molecule has 0 spiro atoms. The zero-order valence-corrected chi connectivity index (χ0v) is 19.4. The van der Waals surface area contributed by atoms with Gasteiger partial charge in [-0.2, -0.15) is 0 Å². The summed E-state index contributed by atoms with van der Waals surface area (Å²) in [5.41, 5.74) is 0.615. The molecular weight excluding hydrogens is 456 g/mol. The molecule has 0 amide bonds. The van der Waals surface area contributed by atoms with Crippen LogP contribution in [0.25, 0.3) is 0 Å². The molecule has 1 atom stereocenters. The zero-order chi connectivity index (χ0) is 18.9. The lowest BCUT2D eigenvalue weighted by molar-refractivity contribution is 0.0900. The van der Waals surface area contributed by atoms with Gasteiger partial charge in [-0.15, -0.1) is 24.0 Å². The van der Waals surface area contributed by atoms with Crippen LogP contribution in [0.1, 0.15) is 26.3 Å². The maximum atomic E-state index is 13.8. The Morgan fingerprint density at radius 3 is 2.41 bits per heavy atom. The van der Waals surface area contributed by atoms with Gasteiger partial charge in [0.25, 0.3) is 0 Å². The molecule has 1 unspecified atom stereocenters. The number of piperazine rings is 1. The van der Waals surface area contributed by atoms with Crippen LogP contribution in [0.15, 0.2) is 29.3 Å². The van der Waals surface area contributed by atoms with Crippen molar-refractivity contribution in [2.75, 3.05) is 46.3 Å². The van der Waals surface area contributed by atoms with Crippen molar-refractivity contribution in [3.05, 3.63) is 35.6 Å². The molecule has 1 saturated heterocycles. The molecule has 0 aliphatic carbocycles. The third-order valence-corrected chi connectivity index (χ3v) is 4.96. The van der Waals surface area contributed by atoms with Gasteiger partial charge in [0.1, 0.15) is 5.82 Å². The van der Waals surface area contributed by atoms with Crippen LogP contribution in [0.5, 0.6) is 0 Å². The Morgan fingerprint density at radius 1 is 1.15 bits per heavy atom. The van der Waals surface area contributed by atoms with Gasteiger partial charge >= 0.3 is 0 Å². The van der Waals surface area contributed by atoms with Crippen LogP contribution in [0.4, 0.5) is 4.39 Å². The van der Waals surface area contributed by atoms with E-state index in [1.54, 1.807) is 12.1 Å². The van der Waals surface area contributed by atoms with Crippen LogP contribution in [0.3, 0.4) is 0 Å². The van der Waals surface area contributed by atoms with Crippen LogP contribution in [0, 0.1) is 11.7 Å². The summed E-state index contributed by atoms with van der Waals surface area (Å²) in [6, 6.07) is 7.27. The number of halogens is 2. The fraction of sp³-hybridized carbons (Fsp3) is 0.650. The monoisotopic (exact) mass is 491 g/mol. The summed E-state index contributed by atoms with van der Waals surface area (Å²) in [5, 5.41) is 6.73. The molecule has 5 nitrogen and oxygen atoms in total. The first kappa shape index (κ1) is 24.1. The van der Waals surface area contributed by atoms with E-state index in [0.717, 1.165) is 45.2 Å². The van der Waals surface area contributed by atoms with Crippen molar-refractivity contribution in [3.8, 4) is 0 Å². The minimum Gasteiger partial charge on any atom is -0.357 e. The molecule has 7 heteroatoms. The summed E-state index contributed by atoms with van der Waals surface area (Å²) in [7, 11) is 2.18. The highest BCUT2D eigenvalue weighted by atomic mass is 127. The highest BCUT2D eigenvalue weighted by molar-refractivity contribution is 14.0. The molecular formula is C20H35FIN5. The predicted molar refractivity (Wildman–Crippen MR) is 122 cm³/mol. The zero-order valence-electron chi connectivity index (χ0n) is 17.0. The third kappa shape index (κ3) is 7.91. The lowest BCUT2D eigenvalue weighted by Gasteiger charge is -2.40. The highest BCUT2D eigenvalue weighted by Gasteiger charge is 2.25. The van der Waals surface area contributed by atoms with Crippen LogP contribution in [-0.2, 0) is 6.54 Å². The van der Waals surface area contributed by atoms with E-state index in [-0.39, 0.29) is 29.8 Å². The second-order valence-corrected chi connectivity index (χ2v) is 7.32. The normalized spacial score (nSPS) is 17.5. The Morgan fingerprint density at radius 2 is 1.81 bits per heavy atom. The highest BCUT2D eigenvalue weighted by Crippen LogP contribution is 2.13. The fourth-order valence-corrected chi connectivity index (χ4v) is 3.27. The average molecular weight is 491 g/mol. The van der Waals surface area contributed by atoms with Gasteiger partial charge in [-0.1, -0.05) is 32.0 Å². The first-order valence-corrected chi connectivity index (χ1v) is 9.69. The van der Waals surface area contributed by atoms with Crippen molar-refractivity contribution < 1.29 is 4.39 Å². The molecule has 1 heterocycles. The minimum atomic E-state index is -0.204. The number of hydrogen-bond acceptors (Lipinski definition) is 3. The summed E-state index contributed by atoms with van der Waals surface area (Å²) in [6.07, 6.45) is 0. The SMILES string of the molecule is CCNC(=NCc1ccccc1F)NCC(C(C)C)N1CCN(C)CC1.I. The fourth-order valence-electron chi connectivity index (χ4n) is 3.27. The third-order valence-electron chi connectivity index (χ3n) is 4.96.